The van der Waals surface area contributed by atoms with Crippen LogP contribution in [0.2, 0.25) is 0 Å². The SMILES string of the molecule is CC(C)(OS)C(C)(C)Oc1ccc2c(c1)C1=CC=CCC1c1nc3ccccc3n1-2. The van der Waals surface area contributed by atoms with Gasteiger partial charge >= 0.3 is 0 Å². The number of imidazole rings is 1. The van der Waals surface area contributed by atoms with Crippen LogP contribution in [0.15, 0.2) is 60.7 Å². The first kappa shape index (κ1) is 19.5. The molecular formula is C25H26N2O2S. The first-order chi connectivity index (χ1) is 14.3. The molecule has 1 unspecified atom stereocenters. The molecule has 154 valence electrons. The average Bonchev–Trinajstić information content (AvgIpc) is 3.13. The van der Waals surface area contributed by atoms with Gasteiger partial charge in [0, 0.05) is 11.5 Å². The number of ether oxygens (including phenoxy) is 1. The summed E-state index contributed by atoms with van der Waals surface area (Å²) in [6.45, 7) is 8.00. The van der Waals surface area contributed by atoms with E-state index in [1.54, 1.807) is 0 Å². The van der Waals surface area contributed by atoms with Gasteiger partial charge in [0.1, 0.15) is 22.8 Å². The van der Waals surface area contributed by atoms with E-state index in [0.29, 0.717) is 0 Å². The number of benzene rings is 2. The Kier molecular flexibility index (Phi) is 4.38. The number of aromatic nitrogens is 2. The monoisotopic (exact) mass is 418 g/mol. The molecule has 0 saturated heterocycles. The van der Waals surface area contributed by atoms with Crippen molar-refractivity contribution in [3.63, 3.8) is 0 Å². The van der Waals surface area contributed by atoms with Gasteiger partial charge in [-0.3, -0.25) is 4.57 Å². The Morgan fingerprint density at radius 1 is 1.07 bits per heavy atom. The van der Waals surface area contributed by atoms with Crippen molar-refractivity contribution in [3.8, 4) is 11.4 Å². The number of allylic oxidation sites excluding steroid dienone is 4. The van der Waals surface area contributed by atoms with Gasteiger partial charge in [0.15, 0.2) is 0 Å². The Labute approximate surface area is 182 Å². The molecule has 0 spiro atoms. The number of rotatable bonds is 4. The molecule has 0 saturated carbocycles. The maximum Gasteiger partial charge on any atom is 0.133 e. The molecule has 1 aliphatic carbocycles. The maximum absolute atomic E-state index is 6.42. The van der Waals surface area contributed by atoms with Crippen molar-refractivity contribution in [1.82, 2.24) is 9.55 Å². The summed E-state index contributed by atoms with van der Waals surface area (Å²) in [4.78, 5) is 4.99. The normalized spacial score (nSPS) is 17.9. The van der Waals surface area contributed by atoms with E-state index in [1.165, 1.54) is 11.1 Å². The third-order valence-corrected chi connectivity index (χ3v) is 7.08. The number of para-hydroxylation sites is 2. The van der Waals surface area contributed by atoms with Gasteiger partial charge in [-0.15, -0.1) is 0 Å². The number of nitrogens with zero attached hydrogens (tertiary/aromatic N) is 2. The molecular weight excluding hydrogens is 392 g/mol. The van der Waals surface area contributed by atoms with E-state index in [0.717, 1.165) is 34.7 Å². The molecule has 0 amide bonds. The lowest BCUT2D eigenvalue weighted by atomic mass is 9.82. The number of thiol groups is 1. The van der Waals surface area contributed by atoms with Crippen molar-refractivity contribution >= 4 is 29.5 Å². The predicted molar refractivity (Wildman–Crippen MR) is 124 cm³/mol. The van der Waals surface area contributed by atoms with Crippen LogP contribution < -0.4 is 4.74 Å². The van der Waals surface area contributed by atoms with E-state index >= 15 is 0 Å². The van der Waals surface area contributed by atoms with Crippen LogP contribution in [0, 0.1) is 0 Å². The second-order valence-electron chi connectivity index (χ2n) is 9.03. The standard InChI is InChI=1S/C25H26N2O2S/c1-24(2,25(3,4)29-30)28-16-13-14-21-19(15-16)17-9-5-6-10-18(17)23-26-20-11-7-8-12-22(20)27(21)23/h5-9,11-15,18,30H,10H2,1-4H3. The van der Waals surface area contributed by atoms with Gasteiger partial charge in [-0.05, 0) is 82.9 Å². The van der Waals surface area contributed by atoms with Crippen LogP contribution in [0.3, 0.4) is 0 Å². The molecule has 1 aromatic heterocycles. The molecule has 0 bridgehead atoms. The van der Waals surface area contributed by atoms with Gasteiger partial charge < -0.3 is 8.92 Å². The van der Waals surface area contributed by atoms with Crippen molar-refractivity contribution in [2.45, 2.75) is 51.2 Å². The van der Waals surface area contributed by atoms with E-state index in [4.69, 9.17) is 13.9 Å². The van der Waals surface area contributed by atoms with Gasteiger partial charge in [0.05, 0.1) is 16.7 Å². The maximum atomic E-state index is 6.42. The third-order valence-electron chi connectivity index (χ3n) is 6.63. The minimum absolute atomic E-state index is 0.246. The molecule has 0 fully saturated rings. The summed E-state index contributed by atoms with van der Waals surface area (Å²) in [7, 11) is 0. The lowest BCUT2D eigenvalue weighted by Gasteiger charge is -2.40. The van der Waals surface area contributed by atoms with E-state index in [-0.39, 0.29) is 5.92 Å². The van der Waals surface area contributed by atoms with Gasteiger partial charge in [-0.25, -0.2) is 4.98 Å². The first-order valence-electron chi connectivity index (χ1n) is 10.3. The number of fused-ring (bicyclic) bond motifs is 8. The second-order valence-corrected chi connectivity index (χ2v) is 9.21. The molecule has 2 aliphatic rings. The molecule has 3 aromatic rings. The molecule has 2 aromatic carbocycles. The summed E-state index contributed by atoms with van der Waals surface area (Å²) >= 11 is 4.05. The van der Waals surface area contributed by atoms with Crippen molar-refractivity contribution in [2.75, 3.05) is 0 Å². The van der Waals surface area contributed by atoms with Gasteiger partial charge in [-0.1, -0.05) is 30.4 Å². The molecule has 30 heavy (non-hydrogen) atoms. The predicted octanol–water partition coefficient (Wildman–Crippen LogP) is 6.26. The topological polar surface area (TPSA) is 36.3 Å². The number of hydrogen-bond donors (Lipinski definition) is 1. The summed E-state index contributed by atoms with van der Waals surface area (Å²) in [5.41, 5.74) is 4.68. The highest BCUT2D eigenvalue weighted by atomic mass is 32.1. The zero-order valence-corrected chi connectivity index (χ0v) is 18.6. The van der Waals surface area contributed by atoms with E-state index in [1.807, 2.05) is 39.8 Å². The van der Waals surface area contributed by atoms with Gasteiger partial charge in [-0.2, -0.15) is 0 Å². The Hall–Kier alpha value is -2.50. The summed E-state index contributed by atoms with van der Waals surface area (Å²) < 4.78 is 14.1. The van der Waals surface area contributed by atoms with E-state index in [9.17, 15) is 0 Å². The molecule has 1 atom stereocenters. The minimum Gasteiger partial charge on any atom is -0.485 e. The van der Waals surface area contributed by atoms with E-state index < -0.39 is 11.2 Å². The van der Waals surface area contributed by atoms with E-state index in [2.05, 4.69) is 66.0 Å². The van der Waals surface area contributed by atoms with Crippen molar-refractivity contribution < 1.29 is 8.92 Å². The lowest BCUT2D eigenvalue weighted by Crippen LogP contribution is -2.50. The highest BCUT2D eigenvalue weighted by molar-refractivity contribution is 7.75. The van der Waals surface area contributed by atoms with Crippen LogP contribution in [0.25, 0.3) is 22.3 Å². The Morgan fingerprint density at radius 2 is 1.87 bits per heavy atom. The Bertz CT molecular complexity index is 1200. The molecule has 5 heteroatoms. The van der Waals surface area contributed by atoms with Crippen LogP contribution in [-0.4, -0.2) is 20.8 Å². The third kappa shape index (κ3) is 2.83. The van der Waals surface area contributed by atoms with Crippen molar-refractivity contribution in [3.05, 3.63) is 72.1 Å². The van der Waals surface area contributed by atoms with Crippen molar-refractivity contribution in [1.29, 1.82) is 0 Å². The first-order valence-corrected chi connectivity index (χ1v) is 10.7. The number of hydrogen-bond acceptors (Lipinski definition) is 4. The summed E-state index contributed by atoms with van der Waals surface area (Å²) in [6.07, 6.45) is 7.53. The fourth-order valence-corrected chi connectivity index (χ4v) is 4.44. The van der Waals surface area contributed by atoms with Crippen LogP contribution in [-0.2, 0) is 4.18 Å². The molecule has 0 N–H and O–H groups in total. The largest absolute Gasteiger partial charge is 0.485 e. The van der Waals surface area contributed by atoms with Gasteiger partial charge in [0.2, 0.25) is 0 Å². The fraction of sp³-hybridized carbons (Fsp3) is 0.320. The molecule has 1 aliphatic heterocycles. The lowest BCUT2D eigenvalue weighted by molar-refractivity contribution is -0.0613. The zero-order valence-electron chi connectivity index (χ0n) is 17.7. The summed E-state index contributed by atoms with van der Waals surface area (Å²) in [6, 6.07) is 14.7. The fourth-order valence-electron chi connectivity index (χ4n) is 4.22. The zero-order chi connectivity index (χ0) is 21.1. The minimum atomic E-state index is -0.565. The Morgan fingerprint density at radius 3 is 2.67 bits per heavy atom. The molecule has 0 radical (unpaired) electrons. The second kappa shape index (κ2) is 6.76. The summed E-state index contributed by atoms with van der Waals surface area (Å²) in [5, 5.41) is 0. The smallest absolute Gasteiger partial charge is 0.133 e. The highest BCUT2D eigenvalue weighted by Gasteiger charge is 2.41. The van der Waals surface area contributed by atoms with Crippen LogP contribution >= 0.6 is 12.9 Å². The van der Waals surface area contributed by atoms with Crippen LogP contribution in [0.4, 0.5) is 0 Å². The van der Waals surface area contributed by atoms with Gasteiger partial charge in [0.25, 0.3) is 0 Å². The molecule has 5 rings (SSSR count). The highest BCUT2D eigenvalue weighted by Crippen LogP contribution is 2.47. The van der Waals surface area contributed by atoms with Crippen LogP contribution in [0.5, 0.6) is 5.75 Å². The molecule has 4 nitrogen and oxygen atoms in total. The van der Waals surface area contributed by atoms with Crippen LogP contribution in [0.1, 0.15) is 51.4 Å². The summed E-state index contributed by atoms with van der Waals surface area (Å²) in [5.74, 6) is 2.17. The molecule has 2 heterocycles. The quantitative estimate of drug-likeness (QED) is 0.401. The Balaban J connectivity index is 1.67. The average molecular weight is 419 g/mol. The van der Waals surface area contributed by atoms with Crippen molar-refractivity contribution in [2.24, 2.45) is 0 Å².